The van der Waals surface area contributed by atoms with Crippen LogP contribution in [0, 0.1) is 0 Å². The van der Waals surface area contributed by atoms with Crippen molar-refractivity contribution in [1.29, 1.82) is 0 Å². The van der Waals surface area contributed by atoms with Crippen molar-refractivity contribution >= 4 is 52.1 Å². The Labute approximate surface area is 136 Å². The standard InChI is InChI=1S/C14H11Cl3N2O2/c1-21-12-3-2-7(15)4-9(12)14(20)19-8-5-10(16)13(18)11(17)6-8/h2-6H,18H2,1H3,(H,19,20). The predicted molar refractivity (Wildman–Crippen MR) is 86.8 cm³/mol. The lowest BCUT2D eigenvalue weighted by molar-refractivity contribution is 0.102. The van der Waals surface area contributed by atoms with E-state index in [-0.39, 0.29) is 15.7 Å². The number of hydrogen-bond acceptors (Lipinski definition) is 3. The van der Waals surface area contributed by atoms with Gasteiger partial charge in [-0.15, -0.1) is 0 Å². The molecule has 0 aliphatic carbocycles. The van der Waals surface area contributed by atoms with Crippen LogP contribution in [0.3, 0.4) is 0 Å². The topological polar surface area (TPSA) is 64.3 Å². The van der Waals surface area contributed by atoms with Gasteiger partial charge in [0.05, 0.1) is 28.4 Å². The van der Waals surface area contributed by atoms with Crippen molar-refractivity contribution < 1.29 is 9.53 Å². The highest BCUT2D eigenvalue weighted by molar-refractivity contribution is 6.39. The van der Waals surface area contributed by atoms with E-state index in [1.807, 2.05) is 0 Å². The second-order valence-electron chi connectivity index (χ2n) is 4.15. The molecule has 0 spiro atoms. The minimum atomic E-state index is -0.397. The van der Waals surface area contributed by atoms with Gasteiger partial charge < -0.3 is 15.8 Å². The Morgan fingerprint density at radius 3 is 2.33 bits per heavy atom. The Bertz CT molecular complexity index is 682. The predicted octanol–water partition coefficient (Wildman–Crippen LogP) is 4.49. The second kappa shape index (κ2) is 6.43. The van der Waals surface area contributed by atoms with Crippen LogP contribution in [-0.2, 0) is 0 Å². The number of halogens is 3. The van der Waals surface area contributed by atoms with E-state index in [0.717, 1.165) is 0 Å². The molecular weight excluding hydrogens is 335 g/mol. The lowest BCUT2D eigenvalue weighted by Gasteiger charge is -2.11. The summed E-state index contributed by atoms with van der Waals surface area (Å²) in [7, 11) is 1.47. The van der Waals surface area contributed by atoms with E-state index < -0.39 is 5.91 Å². The summed E-state index contributed by atoms with van der Waals surface area (Å²) in [6, 6.07) is 7.78. The highest BCUT2D eigenvalue weighted by Gasteiger charge is 2.14. The molecule has 4 nitrogen and oxygen atoms in total. The van der Waals surface area contributed by atoms with Gasteiger partial charge in [0.25, 0.3) is 5.91 Å². The number of rotatable bonds is 3. The summed E-state index contributed by atoms with van der Waals surface area (Å²) in [6.45, 7) is 0. The number of nitrogen functional groups attached to an aromatic ring is 1. The number of nitrogens with one attached hydrogen (secondary N) is 1. The van der Waals surface area contributed by atoms with Crippen LogP contribution in [0.2, 0.25) is 15.1 Å². The Kier molecular flexibility index (Phi) is 4.83. The number of carbonyl (C=O) groups is 1. The number of hydrogen-bond donors (Lipinski definition) is 2. The van der Waals surface area contributed by atoms with Gasteiger partial charge in [-0.05, 0) is 30.3 Å². The van der Waals surface area contributed by atoms with Crippen molar-refractivity contribution in [3.63, 3.8) is 0 Å². The van der Waals surface area contributed by atoms with Crippen LogP contribution >= 0.6 is 34.8 Å². The summed E-state index contributed by atoms with van der Waals surface area (Å²) in [5.41, 5.74) is 6.63. The number of anilines is 2. The molecule has 2 rings (SSSR count). The monoisotopic (exact) mass is 344 g/mol. The normalized spacial score (nSPS) is 10.3. The Hall–Kier alpha value is -1.62. The fraction of sp³-hybridized carbons (Fsp3) is 0.0714. The molecule has 0 heterocycles. The van der Waals surface area contributed by atoms with Crippen molar-refractivity contribution in [2.24, 2.45) is 0 Å². The molecule has 110 valence electrons. The summed E-state index contributed by atoms with van der Waals surface area (Å²) in [5.74, 6) is 0.00999. The maximum absolute atomic E-state index is 12.3. The van der Waals surface area contributed by atoms with E-state index in [1.165, 1.54) is 25.3 Å². The number of methoxy groups -OCH3 is 1. The molecule has 0 aliphatic heterocycles. The number of amides is 1. The van der Waals surface area contributed by atoms with Crippen LogP contribution in [-0.4, -0.2) is 13.0 Å². The maximum atomic E-state index is 12.3. The fourth-order valence-corrected chi connectivity index (χ4v) is 2.37. The zero-order valence-electron chi connectivity index (χ0n) is 10.9. The first-order chi connectivity index (χ1) is 9.92. The van der Waals surface area contributed by atoms with Gasteiger partial charge in [0.1, 0.15) is 5.75 Å². The lowest BCUT2D eigenvalue weighted by Crippen LogP contribution is -2.13. The van der Waals surface area contributed by atoms with Gasteiger partial charge in [0, 0.05) is 10.7 Å². The maximum Gasteiger partial charge on any atom is 0.259 e. The molecule has 0 saturated carbocycles. The first kappa shape index (κ1) is 15.8. The van der Waals surface area contributed by atoms with E-state index in [9.17, 15) is 4.79 Å². The Morgan fingerprint density at radius 1 is 1.14 bits per heavy atom. The highest BCUT2D eigenvalue weighted by Crippen LogP contribution is 2.32. The summed E-state index contributed by atoms with van der Waals surface area (Å²) >= 11 is 17.7. The van der Waals surface area contributed by atoms with Crippen LogP contribution in [0.4, 0.5) is 11.4 Å². The first-order valence-corrected chi connectivity index (χ1v) is 6.95. The molecule has 0 bridgehead atoms. The van der Waals surface area contributed by atoms with Crippen molar-refractivity contribution in [3.05, 3.63) is 51.0 Å². The van der Waals surface area contributed by atoms with Gasteiger partial charge in [-0.1, -0.05) is 34.8 Å². The molecule has 0 fully saturated rings. The quantitative estimate of drug-likeness (QED) is 0.806. The number of ether oxygens (including phenoxy) is 1. The summed E-state index contributed by atoms with van der Waals surface area (Å²) in [4.78, 5) is 12.3. The van der Waals surface area contributed by atoms with Crippen LogP contribution in [0.1, 0.15) is 10.4 Å². The number of carbonyl (C=O) groups excluding carboxylic acids is 1. The molecule has 3 N–H and O–H groups in total. The average molecular weight is 346 g/mol. The van der Waals surface area contributed by atoms with Crippen molar-refractivity contribution in [1.82, 2.24) is 0 Å². The first-order valence-electron chi connectivity index (χ1n) is 5.81. The molecule has 7 heteroatoms. The summed E-state index contributed by atoms with van der Waals surface area (Å²) in [5, 5.41) is 3.61. The summed E-state index contributed by atoms with van der Waals surface area (Å²) < 4.78 is 5.13. The minimum Gasteiger partial charge on any atom is -0.496 e. The Morgan fingerprint density at radius 2 is 1.76 bits per heavy atom. The number of benzene rings is 2. The minimum absolute atomic E-state index is 0.260. The molecule has 0 atom stereocenters. The molecule has 0 aliphatic rings. The zero-order chi connectivity index (χ0) is 15.6. The molecule has 2 aromatic carbocycles. The second-order valence-corrected chi connectivity index (χ2v) is 5.40. The molecular formula is C14H11Cl3N2O2. The van der Waals surface area contributed by atoms with Crippen molar-refractivity contribution in [2.45, 2.75) is 0 Å². The molecule has 0 saturated heterocycles. The Balaban J connectivity index is 2.32. The van der Waals surface area contributed by atoms with Gasteiger partial charge in [0.15, 0.2) is 0 Å². The summed E-state index contributed by atoms with van der Waals surface area (Å²) in [6.07, 6.45) is 0. The van der Waals surface area contributed by atoms with E-state index in [4.69, 9.17) is 45.3 Å². The molecule has 0 aromatic heterocycles. The molecule has 0 radical (unpaired) electrons. The average Bonchev–Trinajstić information content (AvgIpc) is 2.44. The van der Waals surface area contributed by atoms with Gasteiger partial charge >= 0.3 is 0 Å². The van der Waals surface area contributed by atoms with Crippen LogP contribution < -0.4 is 15.8 Å². The third-order valence-electron chi connectivity index (χ3n) is 2.74. The van der Waals surface area contributed by atoms with Gasteiger partial charge in [0.2, 0.25) is 0 Å². The fourth-order valence-electron chi connectivity index (χ4n) is 1.71. The molecule has 1 amide bonds. The van der Waals surface area contributed by atoms with Crippen molar-refractivity contribution in [2.75, 3.05) is 18.2 Å². The molecule has 2 aromatic rings. The van der Waals surface area contributed by atoms with Crippen molar-refractivity contribution in [3.8, 4) is 5.75 Å². The van der Waals surface area contributed by atoms with E-state index in [2.05, 4.69) is 5.32 Å². The molecule has 0 unspecified atom stereocenters. The SMILES string of the molecule is COc1ccc(Cl)cc1C(=O)Nc1cc(Cl)c(N)c(Cl)c1. The van der Waals surface area contributed by atoms with Crippen LogP contribution in [0.25, 0.3) is 0 Å². The van der Waals surface area contributed by atoms with Crippen LogP contribution in [0.5, 0.6) is 5.75 Å². The van der Waals surface area contributed by atoms with E-state index in [0.29, 0.717) is 22.0 Å². The van der Waals surface area contributed by atoms with E-state index in [1.54, 1.807) is 12.1 Å². The third kappa shape index (κ3) is 3.53. The van der Waals surface area contributed by atoms with E-state index >= 15 is 0 Å². The largest absolute Gasteiger partial charge is 0.496 e. The molecule has 21 heavy (non-hydrogen) atoms. The number of nitrogens with two attached hydrogens (primary N) is 1. The van der Waals surface area contributed by atoms with Gasteiger partial charge in [-0.2, -0.15) is 0 Å². The highest BCUT2D eigenvalue weighted by atomic mass is 35.5. The lowest BCUT2D eigenvalue weighted by atomic mass is 10.1. The zero-order valence-corrected chi connectivity index (χ0v) is 13.2. The smallest absolute Gasteiger partial charge is 0.259 e. The van der Waals surface area contributed by atoms with Gasteiger partial charge in [-0.25, -0.2) is 0 Å². The van der Waals surface area contributed by atoms with Gasteiger partial charge in [-0.3, -0.25) is 4.79 Å². The van der Waals surface area contributed by atoms with Crippen LogP contribution in [0.15, 0.2) is 30.3 Å². The third-order valence-corrected chi connectivity index (χ3v) is 3.60.